The van der Waals surface area contributed by atoms with Crippen LogP contribution in [0.4, 0.5) is 24.9 Å². The van der Waals surface area contributed by atoms with Crippen molar-refractivity contribution in [1.82, 2.24) is 14.3 Å². The van der Waals surface area contributed by atoms with Crippen LogP contribution in [0.25, 0.3) is 0 Å². The number of piperazine rings is 1. The molecule has 27 heavy (non-hydrogen) atoms. The zero-order valence-electron chi connectivity index (χ0n) is 13.8. The van der Waals surface area contributed by atoms with Crippen LogP contribution >= 0.6 is 11.6 Å². The quantitative estimate of drug-likeness (QED) is 0.764. The molecule has 12 heteroatoms. The van der Waals surface area contributed by atoms with E-state index < -0.39 is 21.8 Å². The Morgan fingerprint density at radius 1 is 1.07 bits per heavy atom. The van der Waals surface area contributed by atoms with Crippen LogP contribution in [0.15, 0.2) is 35.2 Å². The molecule has 1 aliphatic rings. The first-order valence-corrected chi connectivity index (χ1v) is 9.61. The van der Waals surface area contributed by atoms with Gasteiger partial charge in [0, 0.05) is 32.2 Å². The van der Waals surface area contributed by atoms with Crippen molar-refractivity contribution in [2.24, 2.45) is 0 Å². The third kappa shape index (κ3) is 4.25. The molecule has 1 aromatic carbocycles. The van der Waals surface area contributed by atoms with Crippen LogP contribution < -0.4 is 10.6 Å². The first kappa shape index (κ1) is 19.6. The number of anilines is 2. The highest BCUT2D eigenvalue weighted by Crippen LogP contribution is 2.31. The lowest BCUT2D eigenvalue weighted by atomic mass is 10.2. The molecular weight excluding hydrogens is 407 g/mol. The van der Waals surface area contributed by atoms with Crippen molar-refractivity contribution in [3.05, 3.63) is 41.0 Å². The third-order valence-electron chi connectivity index (χ3n) is 4.06. The molecule has 2 N–H and O–H groups in total. The van der Waals surface area contributed by atoms with Crippen LogP contribution in [-0.2, 0) is 16.2 Å². The maximum Gasteiger partial charge on any atom is 0.416 e. The Kier molecular flexibility index (Phi) is 5.19. The molecule has 0 bridgehead atoms. The molecule has 0 atom stereocenters. The molecule has 2 heterocycles. The van der Waals surface area contributed by atoms with Gasteiger partial charge in [-0.15, -0.1) is 0 Å². The minimum Gasteiger partial charge on any atom is -0.368 e. The van der Waals surface area contributed by atoms with Gasteiger partial charge in [0.1, 0.15) is 11.0 Å². The SMILES string of the molecule is Nc1nc(Cl)cc(N2CCN(S(=O)(=O)c3cccc(C(F)(F)F)c3)CC2)n1. The van der Waals surface area contributed by atoms with Gasteiger partial charge in [0.15, 0.2) is 0 Å². The molecule has 0 spiro atoms. The average molecular weight is 422 g/mol. The Morgan fingerprint density at radius 2 is 1.74 bits per heavy atom. The first-order valence-electron chi connectivity index (χ1n) is 7.80. The predicted molar refractivity (Wildman–Crippen MR) is 93.9 cm³/mol. The number of hydrogen-bond acceptors (Lipinski definition) is 6. The standard InChI is InChI=1S/C15H15ClF3N5O2S/c16-12-9-13(22-14(20)21-12)23-4-6-24(7-5-23)27(25,26)11-3-1-2-10(8-11)15(17,18)19/h1-3,8-9H,4-7H2,(H2,20,21,22). The van der Waals surface area contributed by atoms with Crippen LogP contribution in [0.3, 0.4) is 0 Å². The van der Waals surface area contributed by atoms with Crippen molar-refractivity contribution < 1.29 is 21.6 Å². The summed E-state index contributed by atoms with van der Waals surface area (Å²) in [6.45, 7) is 0.732. The van der Waals surface area contributed by atoms with Gasteiger partial charge in [0.05, 0.1) is 10.5 Å². The summed E-state index contributed by atoms with van der Waals surface area (Å²) in [6, 6.07) is 5.22. The van der Waals surface area contributed by atoms with E-state index in [0.717, 1.165) is 22.5 Å². The molecule has 0 aliphatic carbocycles. The molecular formula is C15H15ClF3N5O2S. The van der Waals surface area contributed by atoms with E-state index >= 15 is 0 Å². The zero-order chi connectivity index (χ0) is 19.8. The molecule has 2 aromatic rings. The fourth-order valence-electron chi connectivity index (χ4n) is 2.72. The number of halogens is 4. The molecule has 0 radical (unpaired) electrons. The molecule has 0 saturated carbocycles. The monoisotopic (exact) mass is 421 g/mol. The van der Waals surface area contributed by atoms with Crippen molar-refractivity contribution in [2.45, 2.75) is 11.1 Å². The first-order chi connectivity index (χ1) is 12.6. The second kappa shape index (κ2) is 7.13. The Hall–Kier alpha value is -2.11. The van der Waals surface area contributed by atoms with Gasteiger partial charge in [-0.05, 0) is 18.2 Å². The van der Waals surface area contributed by atoms with E-state index in [1.54, 1.807) is 4.90 Å². The Morgan fingerprint density at radius 3 is 2.33 bits per heavy atom. The number of rotatable bonds is 3. The summed E-state index contributed by atoms with van der Waals surface area (Å²) >= 11 is 5.85. The van der Waals surface area contributed by atoms with Crippen LogP contribution in [-0.4, -0.2) is 48.9 Å². The van der Waals surface area contributed by atoms with Crippen LogP contribution in [0.2, 0.25) is 5.15 Å². The number of alkyl halides is 3. The van der Waals surface area contributed by atoms with Gasteiger partial charge in [-0.2, -0.15) is 22.5 Å². The summed E-state index contributed by atoms with van der Waals surface area (Å²) < 4.78 is 65.1. The molecule has 3 rings (SSSR count). The van der Waals surface area contributed by atoms with E-state index in [2.05, 4.69) is 9.97 Å². The van der Waals surface area contributed by atoms with Gasteiger partial charge in [0.2, 0.25) is 16.0 Å². The number of hydrogen-bond donors (Lipinski definition) is 1. The second-order valence-electron chi connectivity index (χ2n) is 5.82. The summed E-state index contributed by atoms with van der Waals surface area (Å²) in [7, 11) is -4.04. The van der Waals surface area contributed by atoms with Crippen molar-refractivity contribution in [3.63, 3.8) is 0 Å². The largest absolute Gasteiger partial charge is 0.416 e. The minimum atomic E-state index is -4.61. The lowest BCUT2D eigenvalue weighted by Gasteiger charge is -2.34. The van der Waals surface area contributed by atoms with E-state index in [4.69, 9.17) is 17.3 Å². The van der Waals surface area contributed by atoms with Crippen molar-refractivity contribution in [3.8, 4) is 0 Å². The van der Waals surface area contributed by atoms with E-state index in [0.29, 0.717) is 11.9 Å². The van der Waals surface area contributed by atoms with Crippen molar-refractivity contribution >= 4 is 33.4 Å². The number of nitrogen functional groups attached to an aromatic ring is 1. The highest BCUT2D eigenvalue weighted by molar-refractivity contribution is 7.89. The number of aromatic nitrogens is 2. The van der Waals surface area contributed by atoms with Crippen LogP contribution in [0.5, 0.6) is 0 Å². The molecule has 1 aromatic heterocycles. The zero-order valence-corrected chi connectivity index (χ0v) is 15.4. The van der Waals surface area contributed by atoms with Gasteiger partial charge >= 0.3 is 6.18 Å². The normalized spacial score (nSPS) is 16.5. The predicted octanol–water partition coefficient (Wildman–Crippen LogP) is 2.24. The summed E-state index contributed by atoms with van der Waals surface area (Å²) in [4.78, 5) is 9.21. The lowest BCUT2D eigenvalue weighted by Crippen LogP contribution is -2.49. The maximum absolute atomic E-state index is 12.9. The van der Waals surface area contributed by atoms with Gasteiger partial charge in [-0.3, -0.25) is 0 Å². The Labute approximate surface area is 158 Å². The van der Waals surface area contributed by atoms with Crippen LogP contribution in [0, 0.1) is 0 Å². The van der Waals surface area contributed by atoms with Gasteiger partial charge < -0.3 is 10.6 Å². The van der Waals surface area contributed by atoms with Crippen molar-refractivity contribution in [1.29, 1.82) is 0 Å². The average Bonchev–Trinajstić information content (AvgIpc) is 2.60. The van der Waals surface area contributed by atoms with E-state index in [-0.39, 0.29) is 42.2 Å². The highest BCUT2D eigenvalue weighted by atomic mass is 35.5. The summed E-state index contributed by atoms with van der Waals surface area (Å²) in [6.07, 6.45) is -4.61. The Balaban J connectivity index is 1.77. The third-order valence-corrected chi connectivity index (χ3v) is 6.15. The molecule has 0 amide bonds. The maximum atomic E-state index is 12.9. The molecule has 0 unspecified atom stereocenters. The Bertz CT molecular complexity index is 926. The second-order valence-corrected chi connectivity index (χ2v) is 8.15. The van der Waals surface area contributed by atoms with E-state index in [1.165, 1.54) is 6.07 Å². The summed E-state index contributed by atoms with van der Waals surface area (Å²) in [5, 5.41) is 0.163. The summed E-state index contributed by atoms with van der Waals surface area (Å²) in [5.74, 6) is 0.458. The minimum absolute atomic E-state index is 0.00323. The fraction of sp³-hybridized carbons (Fsp3) is 0.333. The molecule has 1 saturated heterocycles. The van der Waals surface area contributed by atoms with E-state index in [1.807, 2.05) is 0 Å². The molecule has 1 aliphatic heterocycles. The number of benzene rings is 1. The smallest absolute Gasteiger partial charge is 0.368 e. The van der Waals surface area contributed by atoms with Gasteiger partial charge in [-0.25, -0.2) is 13.4 Å². The number of sulfonamides is 1. The van der Waals surface area contributed by atoms with Crippen molar-refractivity contribution in [2.75, 3.05) is 36.8 Å². The fourth-order valence-corrected chi connectivity index (χ4v) is 4.38. The van der Waals surface area contributed by atoms with E-state index in [9.17, 15) is 21.6 Å². The number of nitrogens with zero attached hydrogens (tertiary/aromatic N) is 4. The van der Waals surface area contributed by atoms with Gasteiger partial charge in [-0.1, -0.05) is 17.7 Å². The molecule has 7 nitrogen and oxygen atoms in total. The molecule has 1 fully saturated rings. The molecule has 146 valence electrons. The topological polar surface area (TPSA) is 92.4 Å². The highest BCUT2D eigenvalue weighted by Gasteiger charge is 2.34. The lowest BCUT2D eigenvalue weighted by molar-refractivity contribution is -0.137. The number of nitrogens with two attached hydrogens (primary N) is 1. The van der Waals surface area contributed by atoms with Crippen LogP contribution in [0.1, 0.15) is 5.56 Å². The van der Waals surface area contributed by atoms with Gasteiger partial charge in [0.25, 0.3) is 0 Å². The summed E-state index contributed by atoms with van der Waals surface area (Å²) in [5.41, 5.74) is 4.55.